The first kappa shape index (κ1) is 14.4. The molecule has 0 aromatic rings. The average molecular weight is 259 g/mol. The van der Waals surface area contributed by atoms with Gasteiger partial charge in [-0.2, -0.15) is 0 Å². The zero-order valence-corrected chi connectivity index (χ0v) is 12.1. The van der Waals surface area contributed by atoms with E-state index in [-0.39, 0.29) is 0 Å². The fourth-order valence-electron chi connectivity index (χ4n) is 2.86. The lowest BCUT2D eigenvalue weighted by atomic mass is 10.2. The second-order valence-corrected chi connectivity index (χ2v) is 5.61. The lowest BCUT2D eigenvalue weighted by molar-refractivity contribution is -0.899. The van der Waals surface area contributed by atoms with E-state index >= 15 is 0 Å². The van der Waals surface area contributed by atoms with Gasteiger partial charge in [0, 0.05) is 25.9 Å². The highest BCUT2D eigenvalue weighted by molar-refractivity contribution is 5.01. The van der Waals surface area contributed by atoms with Gasteiger partial charge in [0.15, 0.2) is 0 Å². The Kier molecular flexibility index (Phi) is 6.86. The van der Waals surface area contributed by atoms with Crippen molar-refractivity contribution in [2.75, 3.05) is 39.3 Å². The van der Waals surface area contributed by atoms with Crippen molar-refractivity contribution >= 4 is 0 Å². The molecule has 0 atom stereocenters. The van der Waals surface area contributed by atoms with Crippen molar-refractivity contribution in [1.82, 2.24) is 4.90 Å². The molecule has 2 heteroatoms. The fourth-order valence-corrected chi connectivity index (χ4v) is 2.86. The lowest BCUT2D eigenvalue weighted by Gasteiger charge is -2.20. The molecule has 0 radical (unpaired) electrons. The first-order chi connectivity index (χ1) is 9.45. The molecule has 1 N–H and O–H groups in total. The molecule has 2 aliphatic heterocycles. The van der Waals surface area contributed by atoms with E-state index in [2.05, 4.69) is 28.6 Å². The molecule has 0 saturated heterocycles. The van der Waals surface area contributed by atoms with Gasteiger partial charge in [-0.3, -0.25) is 0 Å². The summed E-state index contributed by atoms with van der Waals surface area (Å²) in [4.78, 5) is 4.27. The third kappa shape index (κ3) is 6.15. The molecular formula is C17H27N2+. The molecule has 2 bridgehead atoms. The number of fused-ring (bicyclic) bond motifs is 6. The van der Waals surface area contributed by atoms with Crippen LogP contribution in [0.2, 0.25) is 0 Å². The van der Waals surface area contributed by atoms with Gasteiger partial charge in [-0.25, -0.2) is 0 Å². The highest BCUT2D eigenvalue weighted by Crippen LogP contribution is 2.01. The van der Waals surface area contributed by atoms with Crippen LogP contribution in [0.15, 0.2) is 0 Å². The van der Waals surface area contributed by atoms with Crippen molar-refractivity contribution < 1.29 is 4.90 Å². The zero-order valence-electron chi connectivity index (χ0n) is 12.1. The molecule has 0 aromatic carbocycles. The molecule has 104 valence electrons. The van der Waals surface area contributed by atoms with Crippen molar-refractivity contribution in [3.05, 3.63) is 0 Å². The Morgan fingerprint density at radius 1 is 0.579 bits per heavy atom. The molecule has 0 saturated carbocycles. The summed E-state index contributed by atoms with van der Waals surface area (Å²) in [5.41, 5.74) is 0. The number of nitrogens with zero attached hydrogens (tertiary/aromatic N) is 1. The normalized spacial score (nSPS) is 29.5. The average Bonchev–Trinajstić information content (AvgIpc) is 2.46. The summed E-state index contributed by atoms with van der Waals surface area (Å²) in [5, 5.41) is 0. The largest absolute Gasteiger partial charge is 0.333 e. The van der Waals surface area contributed by atoms with Crippen LogP contribution in [0.5, 0.6) is 0 Å². The maximum Gasteiger partial charge on any atom is 0.0882 e. The fraction of sp³-hybridized carbons (Fsp3) is 0.765. The number of quaternary nitrogens is 1. The molecule has 0 fully saturated rings. The third-order valence-electron chi connectivity index (χ3n) is 4.07. The van der Waals surface area contributed by atoms with Gasteiger partial charge in [0.1, 0.15) is 0 Å². The Morgan fingerprint density at radius 3 is 1.89 bits per heavy atom. The van der Waals surface area contributed by atoms with Gasteiger partial charge in [-0.1, -0.05) is 11.8 Å². The summed E-state index contributed by atoms with van der Waals surface area (Å²) in [6.07, 6.45) is 8.26. The molecule has 2 aliphatic rings. The Labute approximate surface area is 118 Å². The summed E-state index contributed by atoms with van der Waals surface area (Å²) >= 11 is 0. The van der Waals surface area contributed by atoms with Gasteiger partial charge in [-0.15, -0.1) is 11.8 Å². The van der Waals surface area contributed by atoms with Crippen LogP contribution in [0.3, 0.4) is 0 Å². The van der Waals surface area contributed by atoms with Crippen LogP contribution in [0.4, 0.5) is 0 Å². The van der Waals surface area contributed by atoms with E-state index < -0.39 is 0 Å². The van der Waals surface area contributed by atoms with Crippen molar-refractivity contribution in [3.8, 4) is 23.7 Å². The second-order valence-electron chi connectivity index (χ2n) is 5.61. The molecule has 2 rings (SSSR count). The summed E-state index contributed by atoms with van der Waals surface area (Å²) in [7, 11) is 0. The van der Waals surface area contributed by atoms with Crippen LogP contribution < -0.4 is 4.90 Å². The van der Waals surface area contributed by atoms with Crippen LogP contribution >= 0.6 is 0 Å². The first-order valence-corrected chi connectivity index (χ1v) is 7.92. The maximum absolute atomic E-state index is 3.36. The molecule has 2 heterocycles. The van der Waals surface area contributed by atoms with Gasteiger partial charge >= 0.3 is 0 Å². The lowest BCUT2D eigenvalue weighted by Crippen LogP contribution is -3.12. The van der Waals surface area contributed by atoms with Gasteiger partial charge in [0.2, 0.25) is 0 Å². The van der Waals surface area contributed by atoms with Crippen LogP contribution in [0.1, 0.15) is 44.9 Å². The first-order valence-electron chi connectivity index (χ1n) is 7.92. The van der Waals surface area contributed by atoms with Crippen molar-refractivity contribution in [2.45, 2.75) is 44.9 Å². The Balaban J connectivity index is 2.02. The minimum Gasteiger partial charge on any atom is -0.333 e. The van der Waals surface area contributed by atoms with Crippen LogP contribution in [0.25, 0.3) is 0 Å². The van der Waals surface area contributed by atoms with Gasteiger partial charge in [0.25, 0.3) is 0 Å². The number of rotatable bonds is 0. The highest BCUT2D eigenvalue weighted by Gasteiger charge is 2.09. The predicted molar refractivity (Wildman–Crippen MR) is 79.9 cm³/mol. The van der Waals surface area contributed by atoms with Crippen LogP contribution in [0, 0.1) is 23.7 Å². The molecule has 0 unspecified atom stereocenters. The summed E-state index contributed by atoms with van der Waals surface area (Å²) < 4.78 is 0. The molecule has 0 spiro atoms. The minimum atomic E-state index is 1.03. The topological polar surface area (TPSA) is 7.68 Å². The summed E-state index contributed by atoms with van der Waals surface area (Å²) in [6.45, 7) is 7.22. The standard InChI is InChI=1S/C17H26N2/c1-2-7-13-19-15-9-4-3-8-14-18(12-6-1)16-10-5-11-17-19/h5-17H2/p+1. The van der Waals surface area contributed by atoms with E-state index in [4.69, 9.17) is 0 Å². The number of hydrogen-bond donors (Lipinski definition) is 1. The van der Waals surface area contributed by atoms with E-state index in [1.54, 1.807) is 4.90 Å². The number of hydrogen-bond acceptors (Lipinski definition) is 1. The molecular weight excluding hydrogens is 232 g/mol. The molecule has 0 amide bonds. The minimum absolute atomic E-state index is 1.03. The zero-order chi connectivity index (χ0) is 13.2. The molecule has 2 nitrogen and oxygen atoms in total. The van der Waals surface area contributed by atoms with Gasteiger partial charge in [0.05, 0.1) is 32.5 Å². The Bertz CT molecular complexity index is 306. The van der Waals surface area contributed by atoms with E-state index in [1.165, 1.54) is 45.4 Å². The van der Waals surface area contributed by atoms with Gasteiger partial charge < -0.3 is 9.80 Å². The van der Waals surface area contributed by atoms with E-state index in [0.29, 0.717) is 0 Å². The third-order valence-corrected chi connectivity index (χ3v) is 4.07. The highest BCUT2D eigenvalue weighted by atomic mass is 15.1. The Hall–Kier alpha value is -0.960. The van der Waals surface area contributed by atoms with Crippen molar-refractivity contribution in [3.63, 3.8) is 0 Å². The van der Waals surface area contributed by atoms with Crippen molar-refractivity contribution in [2.24, 2.45) is 0 Å². The van der Waals surface area contributed by atoms with E-state index in [0.717, 1.165) is 38.8 Å². The molecule has 19 heavy (non-hydrogen) atoms. The maximum atomic E-state index is 3.36. The van der Waals surface area contributed by atoms with Gasteiger partial charge in [-0.05, 0) is 25.8 Å². The second kappa shape index (κ2) is 9.03. The molecule has 0 aliphatic carbocycles. The molecule has 0 aromatic heterocycles. The van der Waals surface area contributed by atoms with Crippen molar-refractivity contribution in [1.29, 1.82) is 0 Å². The summed E-state index contributed by atoms with van der Waals surface area (Å²) in [6, 6.07) is 0. The quantitative estimate of drug-likeness (QED) is 0.636. The van der Waals surface area contributed by atoms with E-state index in [1.807, 2.05) is 0 Å². The monoisotopic (exact) mass is 259 g/mol. The van der Waals surface area contributed by atoms with E-state index in [9.17, 15) is 0 Å². The SMILES string of the molecule is C1#CCC[NH+]2CCC#CCCN(CC1)CCCCC2. The Morgan fingerprint density at radius 2 is 1.21 bits per heavy atom. The predicted octanol–water partition coefficient (Wildman–Crippen LogP) is 0.938. The van der Waals surface area contributed by atoms with Crippen LogP contribution in [-0.2, 0) is 0 Å². The number of nitrogens with one attached hydrogen (secondary N) is 1. The smallest absolute Gasteiger partial charge is 0.0882 e. The summed E-state index contributed by atoms with van der Waals surface area (Å²) in [5.74, 6) is 13.4. The van der Waals surface area contributed by atoms with Crippen LogP contribution in [-0.4, -0.2) is 44.2 Å².